The molecule has 1 atom stereocenters. The third-order valence-electron chi connectivity index (χ3n) is 4.56. The van der Waals surface area contributed by atoms with Crippen molar-refractivity contribution in [3.8, 4) is 5.75 Å². The molecule has 0 aromatic heterocycles. The first-order valence-corrected chi connectivity index (χ1v) is 8.60. The van der Waals surface area contributed by atoms with Gasteiger partial charge in [0.1, 0.15) is 5.75 Å². The number of rotatable bonds is 5. The Labute approximate surface area is 139 Å². The predicted octanol–water partition coefficient (Wildman–Crippen LogP) is 1.62. The number of methoxy groups -OCH3 is 1. The third-order valence-corrected chi connectivity index (χ3v) is 4.56. The van der Waals surface area contributed by atoms with Gasteiger partial charge in [0.15, 0.2) is 0 Å². The summed E-state index contributed by atoms with van der Waals surface area (Å²) in [7, 11) is 1.71. The molecule has 0 spiro atoms. The van der Waals surface area contributed by atoms with Crippen molar-refractivity contribution in [2.45, 2.75) is 19.1 Å². The van der Waals surface area contributed by atoms with Gasteiger partial charge in [-0.3, -0.25) is 9.80 Å². The van der Waals surface area contributed by atoms with Gasteiger partial charge in [-0.2, -0.15) is 0 Å². The fourth-order valence-electron chi connectivity index (χ4n) is 3.29. The van der Waals surface area contributed by atoms with Crippen LogP contribution in [0.1, 0.15) is 12.0 Å². The third kappa shape index (κ3) is 5.18. The van der Waals surface area contributed by atoms with Crippen LogP contribution in [0.25, 0.3) is 0 Å². The molecule has 5 nitrogen and oxygen atoms in total. The molecule has 0 aliphatic carbocycles. The van der Waals surface area contributed by atoms with E-state index in [0.717, 1.165) is 71.3 Å². The highest BCUT2D eigenvalue weighted by molar-refractivity contribution is 5.27. The van der Waals surface area contributed by atoms with E-state index in [0.29, 0.717) is 6.10 Å². The van der Waals surface area contributed by atoms with E-state index in [-0.39, 0.29) is 0 Å². The molecule has 5 heteroatoms. The molecule has 2 aliphatic heterocycles. The number of nitrogens with zero attached hydrogens (tertiary/aromatic N) is 2. The minimum atomic E-state index is 0.300. The van der Waals surface area contributed by atoms with Crippen LogP contribution in [0.15, 0.2) is 24.3 Å². The Morgan fingerprint density at radius 3 is 2.57 bits per heavy atom. The predicted molar refractivity (Wildman–Crippen MR) is 89.9 cm³/mol. The molecule has 0 radical (unpaired) electrons. The molecule has 3 rings (SSSR count). The summed E-state index contributed by atoms with van der Waals surface area (Å²) in [5.74, 6) is 0.915. The fraction of sp³-hybridized carbons (Fsp3) is 0.667. The van der Waals surface area contributed by atoms with Gasteiger partial charge < -0.3 is 14.2 Å². The number of hydrogen-bond acceptors (Lipinski definition) is 5. The van der Waals surface area contributed by atoms with Crippen LogP contribution in [0, 0.1) is 0 Å². The van der Waals surface area contributed by atoms with Crippen LogP contribution in [-0.4, -0.2) is 75.6 Å². The lowest BCUT2D eigenvalue weighted by molar-refractivity contribution is -0.0122. The molecule has 0 unspecified atom stereocenters. The first-order chi connectivity index (χ1) is 11.3. The molecule has 23 heavy (non-hydrogen) atoms. The van der Waals surface area contributed by atoms with Crippen molar-refractivity contribution in [1.29, 1.82) is 0 Å². The van der Waals surface area contributed by atoms with Gasteiger partial charge >= 0.3 is 0 Å². The maximum Gasteiger partial charge on any atom is 0.118 e. The number of hydrogen-bond donors (Lipinski definition) is 0. The molecule has 128 valence electrons. The van der Waals surface area contributed by atoms with Crippen LogP contribution in [0.2, 0.25) is 0 Å². The van der Waals surface area contributed by atoms with Crippen molar-refractivity contribution in [3.05, 3.63) is 29.8 Å². The van der Waals surface area contributed by atoms with E-state index in [9.17, 15) is 0 Å². The largest absolute Gasteiger partial charge is 0.497 e. The van der Waals surface area contributed by atoms with Crippen LogP contribution in [-0.2, 0) is 16.0 Å². The second kappa shape index (κ2) is 8.64. The van der Waals surface area contributed by atoms with Crippen LogP contribution in [0.5, 0.6) is 5.75 Å². The average Bonchev–Trinajstić information content (AvgIpc) is 2.81. The fourth-order valence-corrected chi connectivity index (χ4v) is 3.29. The van der Waals surface area contributed by atoms with E-state index >= 15 is 0 Å². The number of benzene rings is 1. The summed E-state index contributed by atoms with van der Waals surface area (Å²) in [4.78, 5) is 4.98. The smallest absolute Gasteiger partial charge is 0.118 e. The van der Waals surface area contributed by atoms with Gasteiger partial charge in [0.2, 0.25) is 0 Å². The number of morpholine rings is 1. The molecule has 2 saturated heterocycles. The highest BCUT2D eigenvalue weighted by Crippen LogP contribution is 2.15. The van der Waals surface area contributed by atoms with Gasteiger partial charge in [-0.1, -0.05) is 12.1 Å². The summed E-state index contributed by atoms with van der Waals surface area (Å²) in [5, 5.41) is 0. The van der Waals surface area contributed by atoms with Crippen LogP contribution < -0.4 is 4.74 Å². The maximum absolute atomic E-state index is 6.07. The normalized spacial score (nSPS) is 24.3. The Bertz CT molecular complexity index is 460. The second-order valence-corrected chi connectivity index (χ2v) is 6.34. The molecule has 1 aromatic carbocycles. The highest BCUT2D eigenvalue weighted by Gasteiger charge is 2.22. The molecule has 0 saturated carbocycles. The molecule has 2 aliphatic rings. The lowest BCUT2D eigenvalue weighted by atomic mass is 10.2. The minimum Gasteiger partial charge on any atom is -0.497 e. The summed E-state index contributed by atoms with van der Waals surface area (Å²) in [6.45, 7) is 8.72. The minimum absolute atomic E-state index is 0.300. The van der Waals surface area contributed by atoms with Crippen molar-refractivity contribution in [1.82, 2.24) is 9.80 Å². The van der Waals surface area contributed by atoms with Crippen LogP contribution in [0.3, 0.4) is 0 Å². The van der Waals surface area contributed by atoms with Crippen molar-refractivity contribution < 1.29 is 14.2 Å². The van der Waals surface area contributed by atoms with E-state index in [4.69, 9.17) is 14.2 Å². The van der Waals surface area contributed by atoms with Gasteiger partial charge in [-0.15, -0.1) is 0 Å². The first kappa shape index (κ1) is 16.7. The zero-order chi connectivity index (χ0) is 15.9. The topological polar surface area (TPSA) is 34.2 Å². The Morgan fingerprint density at radius 2 is 1.83 bits per heavy atom. The molecule has 0 amide bonds. The van der Waals surface area contributed by atoms with E-state index in [2.05, 4.69) is 21.9 Å². The van der Waals surface area contributed by atoms with Gasteiger partial charge in [0.25, 0.3) is 0 Å². The van der Waals surface area contributed by atoms with Crippen molar-refractivity contribution in [2.75, 3.05) is 59.7 Å². The van der Waals surface area contributed by atoms with Crippen molar-refractivity contribution >= 4 is 0 Å². The molecule has 1 aromatic rings. The van der Waals surface area contributed by atoms with Crippen LogP contribution in [0.4, 0.5) is 0 Å². The molecule has 2 heterocycles. The first-order valence-electron chi connectivity index (χ1n) is 8.60. The summed E-state index contributed by atoms with van der Waals surface area (Å²) in [5.41, 5.74) is 1.33. The Kier molecular flexibility index (Phi) is 6.28. The lowest BCUT2D eigenvalue weighted by Gasteiger charge is -2.31. The maximum atomic E-state index is 6.07. The molecule has 2 fully saturated rings. The molecular weight excluding hydrogens is 292 g/mol. The van der Waals surface area contributed by atoms with Gasteiger partial charge in [0, 0.05) is 45.9 Å². The summed E-state index contributed by atoms with van der Waals surface area (Å²) in [6, 6.07) is 8.38. The van der Waals surface area contributed by atoms with Gasteiger partial charge in [0.05, 0.1) is 26.4 Å². The number of ether oxygens (including phenoxy) is 3. The second-order valence-electron chi connectivity index (χ2n) is 6.34. The molecule has 0 bridgehead atoms. The molecule has 0 N–H and O–H groups in total. The average molecular weight is 320 g/mol. The zero-order valence-electron chi connectivity index (χ0n) is 14.1. The van der Waals surface area contributed by atoms with Gasteiger partial charge in [-0.05, 0) is 24.1 Å². The Hall–Kier alpha value is -1.14. The Balaban J connectivity index is 1.53. The van der Waals surface area contributed by atoms with Crippen molar-refractivity contribution in [3.63, 3.8) is 0 Å². The highest BCUT2D eigenvalue weighted by atomic mass is 16.5. The van der Waals surface area contributed by atoms with E-state index in [1.54, 1.807) is 7.11 Å². The van der Waals surface area contributed by atoms with Crippen molar-refractivity contribution in [2.24, 2.45) is 0 Å². The van der Waals surface area contributed by atoms with Crippen LogP contribution >= 0.6 is 0 Å². The Morgan fingerprint density at radius 1 is 1.04 bits per heavy atom. The van der Waals surface area contributed by atoms with E-state index < -0.39 is 0 Å². The quantitative estimate of drug-likeness (QED) is 0.823. The standard InChI is InChI=1S/C18H28N2O3/c1-21-17-5-3-16(4-6-17)13-20-7-2-10-23-18(15-20)14-19-8-11-22-12-9-19/h3-6,18H,2,7-15H2,1H3/t18-/m1/s1. The van der Waals surface area contributed by atoms with E-state index in [1.807, 2.05) is 12.1 Å². The SMILES string of the molecule is COc1ccc(CN2CCCO[C@H](CN3CCOCC3)C2)cc1. The zero-order valence-corrected chi connectivity index (χ0v) is 14.1. The summed E-state index contributed by atoms with van der Waals surface area (Å²) < 4.78 is 16.7. The summed E-state index contributed by atoms with van der Waals surface area (Å²) >= 11 is 0. The monoisotopic (exact) mass is 320 g/mol. The van der Waals surface area contributed by atoms with E-state index in [1.165, 1.54) is 5.56 Å². The van der Waals surface area contributed by atoms with Gasteiger partial charge in [-0.25, -0.2) is 0 Å². The summed E-state index contributed by atoms with van der Waals surface area (Å²) in [6.07, 6.45) is 1.41. The molecular formula is C18H28N2O3. The lowest BCUT2D eigenvalue weighted by Crippen LogP contribution is -2.44.